The molecule has 17 heavy (non-hydrogen) atoms. The van der Waals surface area contributed by atoms with Crippen LogP contribution in [0.2, 0.25) is 18.1 Å². The Morgan fingerprint density at radius 3 is 2.24 bits per heavy atom. The molecule has 96 valence electrons. The van der Waals surface area contributed by atoms with E-state index >= 15 is 0 Å². The van der Waals surface area contributed by atoms with Crippen molar-refractivity contribution in [2.24, 2.45) is 0 Å². The van der Waals surface area contributed by atoms with Gasteiger partial charge >= 0.3 is 0 Å². The van der Waals surface area contributed by atoms with Gasteiger partial charge in [-0.05, 0) is 46.2 Å². The highest BCUT2D eigenvalue weighted by molar-refractivity contribution is 9.10. The van der Waals surface area contributed by atoms with E-state index in [2.05, 4.69) is 49.8 Å². The summed E-state index contributed by atoms with van der Waals surface area (Å²) in [4.78, 5) is 0. The van der Waals surface area contributed by atoms with E-state index in [1.807, 2.05) is 18.2 Å². The van der Waals surface area contributed by atoms with Crippen molar-refractivity contribution >= 4 is 24.2 Å². The summed E-state index contributed by atoms with van der Waals surface area (Å²) < 4.78 is 12.4. The third-order valence-corrected chi connectivity index (χ3v) is 8.32. The molecule has 1 aromatic rings. The Balaban J connectivity index is 2.96. The molecule has 0 spiro atoms. The lowest BCUT2D eigenvalue weighted by atomic mass is 10.2. The van der Waals surface area contributed by atoms with Gasteiger partial charge in [0.1, 0.15) is 11.5 Å². The molecule has 1 aromatic carbocycles. The van der Waals surface area contributed by atoms with Crippen molar-refractivity contribution in [3.63, 3.8) is 0 Å². The van der Waals surface area contributed by atoms with Gasteiger partial charge in [-0.3, -0.25) is 0 Å². The van der Waals surface area contributed by atoms with Crippen molar-refractivity contribution < 1.29 is 9.16 Å². The molecule has 0 heterocycles. The normalized spacial score (nSPS) is 12.4. The van der Waals surface area contributed by atoms with Crippen LogP contribution in [-0.2, 0) is 0 Å². The summed E-state index contributed by atoms with van der Waals surface area (Å²) in [5.41, 5.74) is 0. The minimum absolute atomic E-state index is 0.202. The summed E-state index contributed by atoms with van der Waals surface area (Å²) in [5.74, 6) is 1.69. The number of halogens is 1. The fourth-order valence-electron chi connectivity index (χ4n) is 1.15. The fraction of sp³-hybridized carbons (Fsp3) is 0.538. The van der Waals surface area contributed by atoms with Crippen LogP contribution in [-0.4, -0.2) is 15.4 Å². The quantitative estimate of drug-likeness (QED) is 0.743. The van der Waals surface area contributed by atoms with Gasteiger partial charge in [0.05, 0.1) is 11.6 Å². The summed E-state index contributed by atoms with van der Waals surface area (Å²) in [7, 11) is -0.107. The molecule has 0 aliphatic rings. The van der Waals surface area contributed by atoms with Crippen molar-refractivity contribution in [1.29, 1.82) is 0 Å². The van der Waals surface area contributed by atoms with Crippen LogP contribution in [0.1, 0.15) is 20.8 Å². The molecule has 0 unspecified atom stereocenters. The topological polar surface area (TPSA) is 18.5 Å². The lowest BCUT2D eigenvalue weighted by Gasteiger charge is -2.36. The number of rotatable bonds is 3. The zero-order chi connectivity index (χ0) is 13.3. The van der Waals surface area contributed by atoms with Crippen molar-refractivity contribution in [2.45, 2.75) is 38.9 Å². The minimum Gasteiger partial charge on any atom is -0.543 e. The van der Waals surface area contributed by atoms with E-state index in [4.69, 9.17) is 9.16 Å². The summed E-state index contributed by atoms with van der Waals surface area (Å²) in [5, 5.41) is 0.202. The monoisotopic (exact) mass is 316 g/mol. The van der Waals surface area contributed by atoms with Gasteiger partial charge in [0, 0.05) is 6.07 Å². The molecule has 2 nitrogen and oxygen atoms in total. The van der Waals surface area contributed by atoms with E-state index in [9.17, 15) is 0 Å². The summed E-state index contributed by atoms with van der Waals surface area (Å²) in [6.07, 6.45) is 0. The van der Waals surface area contributed by atoms with E-state index in [0.29, 0.717) is 0 Å². The van der Waals surface area contributed by atoms with Crippen molar-refractivity contribution in [3.8, 4) is 11.5 Å². The Hall–Kier alpha value is -0.483. The lowest BCUT2D eigenvalue weighted by molar-refractivity contribution is 0.408. The first kappa shape index (κ1) is 14.6. The number of hydrogen-bond acceptors (Lipinski definition) is 2. The van der Waals surface area contributed by atoms with Gasteiger partial charge in [0.15, 0.2) is 0 Å². The predicted octanol–water partition coefficient (Wildman–Crippen LogP) is 4.84. The van der Waals surface area contributed by atoms with E-state index < -0.39 is 8.32 Å². The van der Waals surface area contributed by atoms with Gasteiger partial charge in [-0.2, -0.15) is 0 Å². The van der Waals surface area contributed by atoms with Crippen LogP contribution >= 0.6 is 15.9 Å². The largest absolute Gasteiger partial charge is 0.543 e. The fourth-order valence-corrected chi connectivity index (χ4v) is 2.58. The van der Waals surface area contributed by atoms with Gasteiger partial charge in [-0.25, -0.2) is 0 Å². The van der Waals surface area contributed by atoms with Crippen LogP contribution in [0.25, 0.3) is 0 Å². The number of methoxy groups -OCH3 is 1. The molecule has 0 aliphatic heterocycles. The van der Waals surface area contributed by atoms with E-state index in [-0.39, 0.29) is 5.04 Å². The lowest BCUT2D eigenvalue weighted by Crippen LogP contribution is -2.43. The molecule has 0 saturated carbocycles. The molecule has 0 amide bonds. The maximum atomic E-state index is 6.20. The highest BCUT2D eigenvalue weighted by Gasteiger charge is 2.39. The Morgan fingerprint density at radius 1 is 1.18 bits per heavy atom. The van der Waals surface area contributed by atoms with E-state index in [0.717, 1.165) is 16.0 Å². The third-order valence-electron chi connectivity index (χ3n) is 3.30. The summed E-state index contributed by atoms with van der Waals surface area (Å²) in [6.45, 7) is 11.2. The standard InChI is InChI=1S/C13H21BrO2Si/c1-13(2,3)17(5,6)16-10-7-8-11(14)12(9-10)15-4/h7-9H,1-6H3. The average molecular weight is 317 g/mol. The maximum absolute atomic E-state index is 6.20. The second-order valence-electron chi connectivity index (χ2n) is 5.66. The average Bonchev–Trinajstić information content (AvgIpc) is 2.19. The van der Waals surface area contributed by atoms with Gasteiger partial charge in [-0.1, -0.05) is 20.8 Å². The van der Waals surface area contributed by atoms with Gasteiger partial charge < -0.3 is 9.16 Å². The smallest absolute Gasteiger partial charge is 0.250 e. The first-order chi connectivity index (χ1) is 7.67. The Bertz CT molecular complexity index is 397. The molecule has 0 radical (unpaired) electrons. The van der Waals surface area contributed by atoms with Crippen LogP contribution in [0.3, 0.4) is 0 Å². The van der Waals surface area contributed by atoms with Crippen LogP contribution in [0.4, 0.5) is 0 Å². The minimum atomic E-state index is -1.77. The molecule has 0 bridgehead atoms. The highest BCUT2D eigenvalue weighted by Crippen LogP contribution is 2.38. The van der Waals surface area contributed by atoms with Crippen LogP contribution in [0.5, 0.6) is 11.5 Å². The van der Waals surface area contributed by atoms with Crippen LogP contribution in [0.15, 0.2) is 22.7 Å². The molecule has 0 fully saturated rings. The molecule has 4 heteroatoms. The Labute approximate surface area is 114 Å². The third kappa shape index (κ3) is 3.49. The molecular weight excluding hydrogens is 296 g/mol. The van der Waals surface area contributed by atoms with Crippen molar-refractivity contribution in [3.05, 3.63) is 22.7 Å². The van der Waals surface area contributed by atoms with E-state index in [1.165, 1.54) is 0 Å². The molecule has 0 atom stereocenters. The summed E-state index contributed by atoms with van der Waals surface area (Å²) in [6, 6.07) is 5.87. The van der Waals surface area contributed by atoms with Gasteiger partial charge in [0.2, 0.25) is 8.32 Å². The number of benzene rings is 1. The number of ether oxygens (including phenoxy) is 1. The second-order valence-corrected chi connectivity index (χ2v) is 11.2. The molecular formula is C13H21BrO2Si. The van der Waals surface area contributed by atoms with Crippen molar-refractivity contribution in [2.75, 3.05) is 7.11 Å². The Kier molecular flexibility index (Phi) is 4.31. The molecule has 1 rings (SSSR count). The van der Waals surface area contributed by atoms with Crippen LogP contribution in [0, 0.1) is 0 Å². The Morgan fingerprint density at radius 2 is 1.76 bits per heavy atom. The molecule has 0 saturated heterocycles. The first-order valence-corrected chi connectivity index (χ1v) is 9.40. The number of hydrogen-bond donors (Lipinski definition) is 0. The zero-order valence-corrected chi connectivity index (χ0v) is 14.0. The van der Waals surface area contributed by atoms with Gasteiger partial charge in [-0.15, -0.1) is 0 Å². The van der Waals surface area contributed by atoms with Crippen LogP contribution < -0.4 is 9.16 Å². The molecule has 0 N–H and O–H groups in total. The zero-order valence-electron chi connectivity index (χ0n) is 11.4. The SMILES string of the molecule is COc1cc(O[Si](C)(C)C(C)(C)C)ccc1Br. The maximum Gasteiger partial charge on any atom is 0.250 e. The second kappa shape index (κ2) is 5.02. The van der Waals surface area contributed by atoms with Crippen molar-refractivity contribution in [1.82, 2.24) is 0 Å². The summed E-state index contributed by atoms with van der Waals surface area (Å²) >= 11 is 3.44. The van der Waals surface area contributed by atoms with E-state index in [1.54, 1.807) is 7.11 Å². The predicted molar refractivity (Wildman–Crippen MR) is 78.5 cm³/mol. The first-order valence-electron chi connectivity index (χ1n) is 5.70. The highest BCUT2D eigenvalue weighted by atomic mass is 79.9. The molecule has 0 aromatic heterocycles. The van der Waals surface area contributed by atoms with Gasteiger partial charge in [0.25, 0.3) is 0 Å². The molecule has 0 aliphatic carbocycles.